The third-order valence-corrected chi connectivity index (χ3v) is 3.94. The first-order chi connectivity index (χ1) is 10.9. The Balaban J connectivity index is 2.60. The summed E-state index contributed by atoms with van der Waals surface area (Å²) in [6, 6.07) is 6.50. The maximum absolute atomic E-state index is 12.1. The average Bonchev–Trinajstić information content (AvgIpc) is 2.54. The van der Waals surface area contributed by atoms with Crippen molar-refractivity contribution < 1.29 is 19.4 Å². The number of carbonyl (C=O) groups is 2. The van der Waals surface area contributed by atoms with Crippen molar-refractivity contribution in [2.45, 2.75) is 39.3 Å². The lowest BCUT2D eigenvalue weighted by atomic mass is 9.99. The molecule has 1 aromatic carbocycles. The molecule has 0 aliphatic carbocycles. The number of methoxy groups -OCH3 is 1. The minimum absolute atomic E-state index is 0.0409. The summed E-state index contributed by atoms with van der Waals surface area (Å²) >= 11 is 0. The maximum Gasteiger partial charge on any atom is 0.320 e. The predicted octanol–water partition coefficient (Wildman–Crippen LogP) is 1.96. The number of hydrogen-bond acceptors (Lipinski definition) is 4. The molecule has 1 aromatic rings. The van der Waals surface area contributed by atoms with E-state index in [1.807, 2.05) is 45.0 Å². The van der Waals surface area contributed by atoms with E-state index in [-0.39, 0.29) is 24.4 Å². The molecule has 23 heavy (non-hydrogen) atoms. The van der Waals surface area contributed by atoms with Gasteiger partial charge in [0, 0.05) is 5.56 Å². The number of amides is 1. The minimum Gasteiger partial charge on any atom is -0.496 e. The molecule has 0 fully saturated rings. The molecule has 1 unspecified atom stereocenters. The van der Waals surface area contributed by atoms with Crippen molar-refractivity contribution in [3.63, 3.8) is 0 Å². The average molecular weight is 322 g/mol. The second-order valence-corrected chi connectivity index (χ2v) is 5.61. The predicted molar refractivity (Wildman–Crippen MR) is 88.4 cm³/mol. The van der Waals surface area contributed by atoms with Gasteiger partial charge in [-0.3, -0.25) is 14.9 Å². The van der Waals surface area contributed by atoms with Gasteiger partial charge >= 0.3 is 5.97 Å². The molecule has 0 heterocycles. The Bertz CT molecular complexity index is 533. The molecule has 0 radical (unpaired) electrons. The number of ether oxygens (including phenoxy) is 1. The molecule has 0 aliphatic heterocycles. The molecule has 1 rings (SSSR count). The third kappa shape index (κ3) is 5.56. The van der Waals surface area contributed by atoms with Crippen molar-refractivity contribution in [1.29, 1.82) is 0 Å². The third-order valence-electron chi connectivity index (χ3n) is 3.94. The number of rotatable bonds is 9. The van der Waals surface area contributed by atoms with E-state index in [9.17, 15) is 14.7 Å². The zero-order chi connectivity index (χ0) is 17.4. The van der Waals surface area contributed by atoms with Gasteiger partial charge in [0.15, 0.2) is 0 Å². The van der Waals surface area contributed by atoms with Crippen LogP contribution in [0, 0.1) is 5.92 Å². The Morgan fingerprint density at radius 1 is 1.26 bits per heavy atom. The van der Waals surface area contributed by atoms with Gasteiger partial charge < -0.3 is 15.2 Å². The Kier molecular flexibility index (Phi) is 7.54. The second-order valence-electron chi connectivity index (χ2n) is 5.61. The fourth-order valence-electron chi connectivity index (χ4n) is 2.36. The maximum atomic E-state index is 12.1. The van der Waals surface area contributed by atoms with E-state index in [1.54, 1.807) is 7.11 Å². The summed E-state index contributed by atoms with van der Waals surface area (Å²) in [5.41, 5.74) is 0.875. The van der Waals surface area contributed by atoms with Crippen LogP contribution in [0.2, 0.25) is 0 Å². The van der Waals surface area contributed by atoms with Crippen LogP contribution in [0.5, 0.6) is 5.75 Å². The van der Waals surface area contributed by atoms with E-state index in [2.05, 4.69) is 10.6 Å². The van der Waals surface area contributed by atoms with Crippen molar-refractivity contribution in [2.24, 2.45) is 5.92 Å². The highest BCUT2D eigenvalue weighted by Crippen LogP contribution is 2.24. The number of carboxylic acid groups (broad SMARTS) is 1. The van der Waals surface area contributed by atoms with Crippen LogP contribution in [-0.4, -0.2) is 36.7 Å². The number of hydrogen-bond donors (Lipinski definition) is 3. The highest BCUT2D eigenvalue weighted by molar-refractivity contribution is 5.80. The molecular weight excluding hydrogens is 296 g/mol. The molecule has 0 aromatic heterocycles. The first-order valence-corrected chi connectivity index (χ1v) is 7.79. The fraction of sp³-hybridized carbons (Fsp3) is 0.529. The number of aliphatic carboxylic acids is 1. The quantitative estimate of drug-likeness (QED) is 0.647. The molecule has 6 heteroatoms. The summed E-state index contributed by atoms with van der Waals surface area (Å²) in [5, 5.41) is 14.9. The van der Waals surface area contributed by atoms with Gasteiger partial charge in [-0.2, -0.15) is 0 Å². The first kappa shape index (κ1) is 19.0. The van der Waals surface area contributed by atoms with Crippen LogP contribution in [0.15, 0.2) is 24.3 Å². The molecule has 0 saturated carbocycles. The Morgan fingerprint density at radius 3 is 2.48 bits per heavy atom. The van der Waals surface area contributed by atoms with Gasteiger partial charge in [-0.05, 0) is 18.9 Å². The van der Waals surface area contributed by atoms with Gasteiger partial charge in [-0.15, -0.1) is 0 Å². The van der Waals surface area contributed by atoms with Gasteiger partial charge in [0.25, 0.3) is 0 Å². The van der Waals surface area contributed by atoms with E-state index in [0.29, 0.717) is 5.75 Å². The minimum atomic E-state index is -0.940. The SMILES string of the molecule is CC[C@H](C)[C@H](NCC(=O)NC(C)c1ccccc1OC)C(=O)O. The smallest absolute Gasteiger partial charge is 0.320 e. The summed E-state index contributed by atoms with van der Waals surface area (Å²) in [6.07, 6.45) is 0.725. The largest absolute Gasteiger partial charge is 0.496 e. The van der Waals surface area contributed by atoms with E-state index < -0.39 is 12.0 Å². The van der Waals surface area contributed by atoms with Gasteiger partial charge in [0.05, 0.1) is 19.7 Å². The van der Waals surface area contributed by atoms with Crippen LogP contribution in [0.25, 0.3) is 0 Å². The zero-order valence-corrected chi connectivity index (χ0v) is 14.1. The first-order valence-electron chi connectivity index (χ1n) is 7.79. The number of benzene rings is 1. The number of carbonyl (C=O) groups excluding carboxylic acids is 1. The molecule has 1 amide bonds. The van der Waals surface area contributed by atoms with Gasteiger partial charge in [-0.25, -0.2) is 0 Å². The summed E-state index contributed by atoms with van der Waals surface area (Å²) in [4.78, 5) is 23.3. The van der Waals surface area contributed by atoms with Crippen molar-refractivity contribution in [3.05, 3.63) is 29.8 Å². The fourth-order valence-corrected chi connectivity index (χ4v) is 2.36. The molecular formula is C17H26N2O4. The second kappa shape index (κ2) is 9.15. The Labute approximate surface area is 137 Å². The summed E-state index contributed by atoms with van der Waals surface area (Å²) < 4.78 is 5.28. The van der Waals surface area contributed by atoms with Crippen LogP contribution in [0.1, 0.15) is 38.8 Å². The van der Waals surface area contributed by atoms with Gasteiger partial charge in [0.2, 0.25) is 5.91 Å². The van der Waals surface area contributed by atoms with Crippen LogP contribution in [-0.2, 0) is 9.59 Å². The number of nitrogens with one attached hydrogen (secondary N) is 2. The molecule has 3 N–H and O–H groups in total. The zero-order valence-electron chi connectivity index (χ0n) is 14.1. The van der Waals surface area contributed by atoms with Crippen molar-refractivity contribution in [3.8, 4) is 5.75 Å². The van der Waals surface area contributed by atoms with Crippen LogP contribution in [0.4, 0.5) is 0 Å². The van der Waals surface area contributed by atoms with E-state index in [1.165, 1.54) is 0 Å². The molecule has 0 spiro atoms. The highest BCUT2D eigenvalue weighted by atomic mass is 16.5. The monoisotopic (exact) mass is 322 g/mol. The molecule has 128 valence electrons. The van der Waals surface area contributed by atoms with Crippen molar-refractivity contribution in [2.75, 3.05) is 13.7 Å². The standard InChI is InChI=1S/C17H26N2O4/c1-5-11(2)16(17(21)22)18-10-15(20)19-12(3)13-8-6-7-9-14(13)23-4/h6-9,11-12,16,18H,5,10H2,1-4H3,(H,19,20)(H,21,22)/t11-,12?,16-/m0/s1. The van der Waals surface area contributed by atoms with Crippen molar-refractivity contribution >= 4 is 11.9 Å². The van der Waals surface area contributed by atoms with Crippen LogP contribution < -0.4 is 15.4 Å². The van der Waals surface area contributed by atoms with E-state index in [0.717, 1.165) is 12.0 Å². The molecule has 3 atom stereocenters. The lowest BCUT2D eigenvalue weighted by molar-refractivity contribution is -0.141. The Morgan fingerprint density at radius 2 is 1.91 bits per heavy atom. The van der Waals surface area contributed by atoms with Gasteiger partial charge in [-0.1, -0.05) is 38.5 Å². The Hall–Kier alpha value is -2.08. The summed E-state index contributed by atoms with van der Waals surface area (Å²) in [6.45, 7) is 5.59. The normalized spacial score (nSPS) is 14.6. The molecule has 0 saturated heterocycles. The number of carboxylic acids is 1. The van der Waals surface area contributed by atoms with Gasteiger partial charge in [0.1, 0.15) is 11.8 Å². The summed E-state index contributed by atoms with van der Waals surface area (Å²) in [5.74, 6) is -0.536. The molecule has 0 aliphatic rings. The number of para-hydroxylation sites is 1. The topological polar surface area (TPSA) is 87.7 Å². The molecule has 6 nitrogen and oxygen atoms in total. The summed E-state index contributed by atoms with van der Waals surface area (Å²) in [7, 11) is 1.58. The van der Waals surface area contributed by atoms with Crippen LogP contribution >= 0.6 is 0 Å². The van der Waals surface area contributed by atoms with Crippen molar-refractivity contribution in [1.82, 2.24) is 10.6 Å². The highest BCUT2D eigenvalue weighted by Gasteiger charge is 2.24. The van der Waals surface area contributed by atoms with Crippen LogP contribution in [0.3, 0.4) is 0 Å². The lowest BCUT2D eigenvalue weighted by Gasteiger charge is -2.21. The van der Waals surface area contributed by atoms with E-state index >= 15 is 0 Å². The molecule has 0 bridgehead atoms. The van der Waals surface area contributed by atoms with E-state index in [4.69, 9.17) is 4.74 Å². The lowest BCUT2D eigenvalue weighted by Crippen LogP contribution is -2.46.